The quantitative estimate of drug-likeness (QED) is 0.907. The molecule has 6 heteroatoms. The number of aliphatic carboxylic acids is 1. The molecule has 0 unspecified atom stereocenters. The fourth-order valence-electron chi connectivity index (χ4n) is 1.43. The zero-order valence-corrected chi connectivity index (χ0v) is 12.0. The summed E-state index contributed by atoms with van der Waals surface area (Å²) in [7, 11) is 0. The maximum atomic E-state index is 12.1. The van der Waals surface area contributed by atoms with Gasteiger partial charge in [-0.25, -0.2) is 0 Å². The van der Waals surface area contributed by atoms with Crippen molar-refractivity contribution in [1.29, 1.82) is 0 Å². The first kappa shape index (κ1) is 14.2. The second-order valence-electron chi connectivity index (χ2n) is 4.11. The number of amides is 1. The SMILES string of the molecule is CC(C)CN(CC(=O)O)C(=O)c1csc(Br)c1. The first-order valence-corrected chi connectivity index (χ1v) is 6.82. The van der Waals surface area contributed by atoms with Crippen LogP contribution >= 0.6 is 27.3 Å². The third-order valence-corrected chi connectivity index (χ3v) is 3.52. The molecule has 0 bridgehead atoms. The first-order chi connectivity index (χ1) is 7.90. The molecule has 1 N–H and O–H groups in total. The van der Waals surface area contributed by atoms with Gasteiger partial charge in [0.15, 0.2) is 0 Å². The van der Waals surface area contributed by atoms with E-state index in [4.69, 9.17) is 5.11 Å². The third-order valence-electron chi connectivity index (χ3n) is 2.01. The van der Waals surface area contributed by atoms with Gasteiger partial charge in [-0.1, -0.05) is 13.8 Å². The molecule has 4 nitrogen and oxygen atoms in total. The molecule has 0 aliphatic carbocycles. The lowest BCUT2D eigenvalue weighted by molar-refractivity contribution is -0.137. The van der Waals surface area contributed by atoms with Gasteiger partial charge in [0.25, 0.3) is 5.91 Å². The Labute approximate surface area is 112 Å². The molecule has 1 aromatic heterocycles. The Morgan fingerprint density at radius 2 is 2.18 bits per heavy atom. The monoisotopic (exact) mass is 319 g/mol. The lowest BCUT2D eigenvalue weighted by Crippen LogP contribution is -2.38. The Morgan fingerprint density at radius 3 is 2.59 bits per heavy atom. The number of carboxylic acids is 1. The van der Waals surface area contributed by atoms with E-state index in [-0.39, 0.29) is 18.4 Å². The molecule has 0 saturated carbocycles. The van der Waals surface area contributed by atoms with Crippen LogP contribution < -0.4 is 0 Å². The molecule has 17 heavy (non-hydrogen) atoms. The highest BCUT2D eigenvalue weighted by atomic mass is 79.9. The van der Waals surface area contributed by atoms with Gasteiger partial charge in [0, 0.05) is 11.9 Å². The summed E-state index contributed by atoms with van der Waals surface area (Å²) in [5.74, 6) is -0.989. The number of hydrogen-bond acceptors (Lipinski definition) is 3. The summed E-state index contributed by atoms with van der Waals surface area (Å²) in [5.41, 5.74) is 0.531. The van der Waals surface area contributed by atoms with Gasteiger partial charge >= 0.3 is 5.97 Å². The van der Waals surface area contributed by atoms with Crippen molar-refractivity contribution in [3.63, 3.8) is 0 Å². The van der Waals surface area contributed by atoms with Crippen LogP contribution in [0.2, 0.25) is 0 Å². The fourth-order valence-corrected chi connectivity index (χ4v) is 2.56. The lowest BCUT2D eigenvalue weighted by Gasteiger charge is -2.22. The molecule has 0 aliphatic rings. The maximum Gasteiger partial charge on any atom is 0.323 e. The minimum absolute atomic E-state index is 0.233. The second kappa shape index (κ2) is 6.16. The Morgan fingerprint density at radius 1 is 1.53 bits per heavy atom. The largest absolute Gasteiger partial charge is 0.480 e. The van der Waals surface area contributed by atoms with Gasteiger partial charge in [-0.2, -0.15) is 0 Å². The fraction of sp³-hybridized carbons (Fsp3) is 0.455. The second-order valence-corrected chi connectivity index (χ2v) is 6.40. The van der Waals surface area contributed by atoms with Crippen LogP contribution in [0.4, 0.5) is 0 Å². The molecule has 0 aliphatic heterocycles. The van der Waals surface area contributed by atoms with E-state index in [0.717, 1.165) is 3.79 Å². The molecule has 94 valence electrons. The number of nitrogens with zero attached hydrogens (tertiary/aromatic N) is 1. The van der Waals surface area contributed by atoms with Gasteiger partial charge < -0.3 is 10.0 Å². The topological polar surface area (TPSA) is 57.6 Å². The molecule has 0 spiro atoms. The summed E-state index contributed by atoms with van der Waals surface area (Å²) in [6, 6.07) is 1.71. The van der Waals surface area contributed by atoms with E-state index in [1.54, 1.807) is 11.4 Å². The number of carbonyl (C=O) groups excluding carboxylic acids is 1. The van der Waals surface area contributed by atoms with Crippen molar-refractivity contribution < 1.29 is 14.7 Å². The van der Waals surface area contributed by atoms with Crippen LogP contribution in [0.5, 0.6) is 0 Å². The standard InChI is InChI=1S/C11H14BrNO3S/c1-7(2)4-13(5-10(14)15)11(16)8-3-9(12)17-6-8/h3,6-7H,4-5H2,1-2H3,(H,14,15). The van der Waals surface area contributed by atoms with Crippen LogP contribution in [0.1, 0.15) is 24.2 Å². The summed E-state index contributed by atoms with van der Waals surface area (Å²) in [4.78, 5) is 24.2. The smallest absolute Gasteiger partial charge is 0.323 e. The summed E-state index contributed by atoms with van der Waals surface area (Å²) in [6.07, 6.45) is 0. The number of thiophene rings is 1. The van der Waals surface area contributed by atoms with Gasteiger partial charge in [-0.15, -0.1) is 11.3 Å². The average Bonchev–Trinajstić information content (AvgIpc) is 2.61. The van der Waals surface area contributed by atoms with Crippen LogP contribution in [-0.4, -0.2) is 35.0 Å². The Bertz CT molecular complexity index is 417. The molecule has 0 saturated heterocycles. The molecule has 0 aromatic carbocycles. The third kappa shape index (κ3) is 4.47. The molecular formula is C11H14BrNO3S. The van der Waals surface area contributed by atoms with E-state index in [0.29, 0.717) is 12.1 Å². The zero-order valence-electron chi connectivity index (χ0n) is 9.64. The predicted octanol–water partition coefficient (Wildman–Crippen LogP) is 2.69. The Kier molecular flexibility index (Phi) is 5.14. The van der Waals surface area contributed by atoms with E-state index >= 15 is 0 Å². The number of carbonyl (C=O) groups is 2. The van der Waals surface area contributed by atoms with Gasteiger partial charge in [0.1, 0.15) is 6.54 Å². The molecule has 1 amide bonds. The van der Waals surface area contributed by atoms with Crippen molar-refractivity contribution in [2.75, 3.05) is 13.1 Å². The highest BCUT2D eigenvalue weighted by molar-refractivity contribution is 9.11. The number of carboxylic acid groups (broad SMARTS) is 1. The zero-order chi connectivity index (χ0) is 13.0. The molecular weight excluding hydrogens is 306 g/mol. The van der Waals surface area contributed by atoms with Crippen molar-refractivity contribution in [3.8, 4) is 0 Å². The van der Waals surface area contributed by atoms with Crippen molar-refractivity contribution in [1.82, 2.24) is 4.90 Å². The van der Waals surface area contributed by atoms with Crippen LogP contribution in [0.25, 0.3) is 0 Å². The van der Waals surface area contributed by atoms with Gasteiger partial charge in [-0.3, -0.25) is 9.59 Å². The van der Waals surface area contributed by atoms with E-state index < -0.39 is 5.97 Å². The highest BCUT2D eigenvalue weighted by Crippen LogP contribution is 2.22. The van der Waals surface area contributed by atoms with E-state index in [9.17, 15) is 9.59 Å². The summed E-state index contributed by atoms with van der Waals surface area (Å²) in [6.45, 7) is 4.08. The van der Waals surface area contributed by atoms with Crippen molar-refractivity contribution in [2.24, 2.45) is 5.92 Å². The normalized spacial score (nSPS) is 10.6. The lowest BCUT2D eigenvalue weighted by atomic mass is 10.2. The van der Waals surface area contributed by atoms with Gasteiger partial charge in [-0.05, 0) is 27.9 Å². The molecule has 1 rings (SSSR count). The summed E-state index contributed by atoms with van der Waals surface area (Å²) >= 11 is 4.69. The molecule has 0 fully saturated rings. The predicted molar refractivity (Wildman–Crippen MR) is 70.4 cm³/mol. The van der Waals surface area contributed by atoms with Crippen molar-refractivity contribution in [2.45, 2.75) is 13.8 Å². The summed E-state index contributed by atoms with van der Waals surface area (Å²) < 4.78 is 0.862. The van der Waals surface area contributed by atoms with E-state index in [1.165, 1.54) is 16.2 Å². The van der Waals surface area contributed by atoms with Gasteiger partial charge in [0.05, 0.1) is 9.35 Å². The van der Waals surface area contributed by atoms with Crippen LogP contribution in [-0.2, 0) is 4.79 Å². The van der Waals surface area contributed by atoms with Crippen LogP contribution in [0, 0.1) is 5.92 Å². The van der Waals surface area contributed by atoms with E-state index in [2.05, 4.69) is 15.9 Å². The van der Waals surface area contributed by atoms with Crippen molar-refractivity contribution >= 4 is 39.1 Å². The Hall–Kier alpha value is -0.880. The minimum Gasteiger partial charge on any atom is -0.480 e. The molecule has 0 radical (unpaired) electrons. The molecule has 0 atom stereocenters. The Balaban J connectivity index is 2.82. The first-order valence-electron chi connectivity index (χ1n) is 5.15. The number of halogens is 1. The van der Waals surface area contributed by atoms with Crippen LogP contribution in [0.3, 0.4) is 0 Å². The molecule has 1 heterocycles. The van der Waals surface area contributed by atoms with Crippen molar-refractivity contribution in [3.05, 3.63) is 20.8 Å². The number of rotatable bonds is 5. The highest BCUT2D eigenvalue weighted by Gasteiger charge is 2.20. The average molecular weight is 320 g/mol. The van der Waals surface area contributed by atoms with E-state index in [1.807, 2.05) is 13.8 Å². The molecule has 1 aromatic rings. The summed E-state index contributed by atoms with van der Waals surface area (Å²) in [5, 5.41) is 10.5. The maximum absolute atomic E-state index is 12.1. The van der Waals surface area contributed by atoms with Gasteiger partial charge in [0.2, 0.25) is 0 Å². The van der Waals surface area contributed by atoms with Crippen LogP contribution in [0.15, 0.2) is 15.2 Å². The number of hydrogen-bond donors (Lipinski definition) is 1. The minimum atomic E-state index is -0.992.